The summed E-state index contributed by atoms with van der Waals surface area (Å²) in [7, 11) is 0. The van der Waals surface area contributed by atoms with Crippen molar-refractivity contribution >= 4 is 16.3 Å². The molecule has 1 unspecified atom stereocenters. The number of rotatable bonds is 0. The minimum absolute atomic E-state index is 0.197. The van der Waals surface area contributed by atoms with Crippen LogP contribution in [0.4, 0.5) is 5.00 Å². The second kappa shape index (κ2) is 2.74. The zero-order valence-electron chi connectivity index (χ0n) is 8.72. The Bertz CT molecular complexity index is 423. The number of nitrogen functional groups attached to an aromatic ring is 1. The van der Waals surface area contributed by atoms with Crippen molar-refractivity contribution in [1.82, 2.24) is 0 Å². The first-order valence-corrected chi connectivity index (χ1v) is 5.61. The molecule has 2 nitrogen and oxygen atoms in total. The van der Waals surface area contributed by atoms with E-state index in [0.29, 0.717) is 10.9 Å². The molecule has 14 heavy (non-hydrogen) atoms. The number of hydrogen-bond donors (Lipinski definition) is 1. The zero-order valence-corrected chi connectivity index (χ0v) is 9.53. The molecule has 0 radical (unpaired) electrons. The monoisotopic (exact) mass is 206 g/mol. The molecule has 1 aromatic heterocycles. The third-order valence-corrected chi connectivity index (χ3v) is 4.41. The molecule has 0 saturated heterocycles. The fourth-order valence-electron chi connectivity index (χ4n) is 2.51. The lowest BCUT2D eigenvalue weighted by Crippen LogP contribution is -2.10. The molecule has 0 spiro atoms. The van der Waals surface area contributed by atoms with E-state index < -0.39 is 0 Å². The maximum absolute atomic E-state index is 9.04. The van der Waals surface area contributed by atoms with Crippen LogP contribution in [0.5, 0.6) is 0 Å². The van der Waals surface area contributed by atoms with Crippen LogP contribution < -0.4 is 5.73 Å². The molecule has 0 aromatic carbocycles. The summed E-state index contributed by atoms with van der Waals surface area (Å²) in [6.07, 6.45) is 1.13. The van der Waals surface area contributed by atoms with Gasteiger partial charge in [-0.15, -0.1) is 11.3 Å². The van der Waals surface area contributed by atoms with E-state index in [2.05, 4.69) is 26.8 Å². The van der Waals surface area contributed by atoms with Gasteiger partial charge in [-0.2, -0.15) is 5.26 Å². The lowest BCUT2D eigenvalue weighted by Gasteiger charge is -2.17. The fourth-order valence-corrected chi connectivity index (χ4v) is 3.76. The Morgan fingerprint density at radius 3 is 2.79 bits per heavy atom. The van der Waals surface area contributed by atoms with Gasteiger partial charge >= 0.3 is 0 Å². The van der Waals surface area contributed by atoms with Crippen molar-refractivity contribution in [3.8, 4) is 6.07 Å². The predicted octanol–water partition coefficient (Wildman–Crippen LogP) is 2.99. The number of nitrogens with two attached hydrogens (primary N) is 1. The van der Waals surface area contributed by atoms with Crippen molar-refractivity contribution in [3.63, 3.8) is 0 Å². The Hall–Kier alpha value is -1.01. The molecule has 1 aliphatic carbocycles. The van der Waals surface area contributed by atoms with E-state index in [0.717, 1.165) is 12.0 Å². The van der Waals surface area contributed by atoms with Crippen LogP contribution in [0, 0.1) is 11.3 Å². The summed E-state index contributed by atoms with van der Waals surface area (Å²) in [4.78, 5) is 1.32. The molecule has 2 N–H and O–H groups in total. The molecule has 3 heteroatoms. The van der Waals surface area contributed by atoms with Crippen molar-refractivity contribution < 1.29 is 0 Å². The molecule has 0 saturated carbocycles. The first-order chi connectivity index (χ1) is 6.47. The highest BCUT2D eigenvalue weighted by molar-refractivity contribution is 7.16. The highest BCUT2D eigenvalue weighted by Crippen LogP contribution is 2.52. The minimum Gasteiger partial charge on any atom is -0.389 e. The van der Waals surface area contributed by atoms with Gasteiger partial charge in [0.1, 0.15) is 11.1 Å². The smallest absolute Gasteiger partial charge is 0.104 e. The molecule has 1 aromatic rings. The molecule has 74 valence electrons. The standard InChI is InChI=1S/C11H14N2S/c1-6-4-11(2,3)9-8(6)7(5-12)10(13)14-9/h6H,4,13H2,1-3H3. The Kier molecular flexibility index (Phi) is 1.87. The van der Waals surface area contributed by atoms with Crippen LogP contribution in [0.1, 0.15) is 49.1 Å². The van der Waals surface area contributed by atoms with Crippen LogP contribution in [0.2, 0.25) is 0 Å². The number of nitrogens with zero attached hydrogens (tertiary/aromatic N) is 1. The summed E-state index contributed by atoms with van der Waals surface area (Å²) in [5.74, 6) is 0.475. The number of hydrogen-bond acceptors (Lipinski definition) is 3. The summed E-state index contributed by atoms with van der Waals surface area (Å²) in [5.41, 5.74) is 7.97. The molecule has 1 atom stereocenters. The maximum Gasteiger partial charge on any atom is 0.104 e. The summed E-state index contributed by atoms with van der Waals surface area (Å²) in [6, 6.07) is 2.23. The van der Waals surface area contributed by atoms with Crippen molar-refractivity contribution in [2.24, 2.45) is 0 Å². The second-order valence-electron chi connectivity index (χ2n) is 4.68. The number of thiophene rings is 1. The van der Waals surface area contributed by atoms with Crippen molar-refractivity contribution in [2.75, 3.05) is 5.73 Å². The van der Waals surface area contributed by atoms with Gasteiger partial charge in [0.15, 0.2) is 0 Å². The molecule has 1 heterocycles. The van der Waals surface area contributed by atoms with Gasteiger partial charge in [-0.1, -0.05) is 20.8 Å². The van der Waals surface area contributed by atoms with Crippen molar-refractivity contribution in [2.45, 2.75) is 38.5 Å². The van der Waals surface area contributed by atoms with Crippen LogP contribution in [0.25, 0.3) is 0 Å². The van der Waals surface area contributed by atoms with Gasteiger partial charge in [0.05, 0.1) is 5.56 Å². The van der Waals surface area contributed by atoms with Crippen LogP contribution in [0.15, 0.2) is 0 Å². The Morgan fingerprint density at radius 1 is 1.57 bits per heavy atom. The Balaban J connectivity index is 2.69. The molecular formula is C11H14N2S. The molecular weight excluding hydrogens is 192 g/mol. The van der Waals surface area contributed by atoms with E-state index in [1.165, 1.54) is 10.4 Å². The highest BCUT2D eigenvalue weighted by atomic mass is 32.1. The SMILES string of the molecule is CC1CC(C)(C)c2sc(N)c(C#N)c21. The summed E-state index contributed by atoms with van der Waals surface area (Å²) in [5, 5.41) is 9.73. The van der Waals surface area contributed by atoms with Gasteiger partial charge in [0, 0.05) is 10.3 Å². The first-order valence-electron chi connectivity index (χ1n) is 4.80. The fraction of sp³-hybridized carbons (Fsp3) is 0.545. The van der Waals surface area contributed by atoms with Gasteiger partial charge in [-0.25, -0.2) is 0 Å². The van der Waals surface area contributed by atoms with Crippen LogP contribution >= 0.6 is 11.3 Å². The van der Waals surface area contributed by atoms with Gasteiger partial charge < -0.3 is 5.73 Å². The Morgan fingerprint density at radius 2 is 2.21 bits per heavy atom. The maximum atomic E-state index is 9.04. The lowest BCUT2D eigenvalue weighted by atomic mass is 9.91. The third-order valence-electron chi connectivity index (χ3n) is 3.01. The van der Waals surface area contributed by atoms with Crippen LogP contribution in [-0.4, -0.2) is 0 Å². The normalized spacial score (nSPS) is 23.1. The second-order valence-corrected chi connectivity index (χ2v) is 5.74. The molecule has 1 aliphatic rings. The van der Waals surface area contributed by atoms with Gasteiger partial charge in [-0.3, -0.25) is 0 Å². The van der Waals surface area contributed by atoms with Crippen molar-refractivity contribution in [3.05, 3.63) is 16.0 Å². The van der Waals surface area contributed by atoms with Gasteiger partial charge in [-0.05, 0) is 17.9 Å². The van der Waals surface area contributed by atoms with Crippen molar-refractivity contribution in [1.29, 1.82) is 5.26 Å². The zero-order chi connectivity index (χ0) is 10.5. The molecule has 0 aliphatic heterocycles. The average molecular weight is 206 g/mol. The van der Waals surface area contributed by atoms with E-state index >= 15 is 0 Å². The quantitative estimate of drug-likeness (QED) is 0.709. The van der Waals surface area contributed by atoms with E-state index in [4.69, 9.17) is 11.0 Å². The van der Waals surface area contributed by atoms with Crippen LogP contribution in [0.3, 0.4) is 0 Å². The largest absolute Gasteiger partial charge is 0.389 e. The summed E-state index contributed by atoms with van der Waals surface area (Å²) >= 11 is 1.59. The van der Waals surface area contributed by atoms with E-state index in [1.54, 1.807) is 11.3 Å². The van der Waals surface area contributed by atoms with Gasteiger partial charge in [0.25, 0.3) is 0 Å². The lowest BCUT2D eigenvalue weighted by molar-refractivity contribution is 0.495. The highest BCUT2D eigenvalue weighted by Gasteiger charge is 2.39. The van der Waals surface area contributed by atoms with E-state index in [-0.39, 0.29) is 5.41 Å². The predicted molar refractivity (Wildman–Crippen MR) is 59.5 cm³/mol. The first kappa shape index (κ1) is 9.54. The molecule has 2 rings (SSSR count). The molecule has 0 fully saturated rings. The minimum atomic E-state index is 0.197. The molecule has 0 bridgehead atoms. The van der Waals surface area contributed by atoms with E-state index in [9.17, 15) is 0 Å². The number of anilines is 1. The van der Waals surface area contributed by atoms with Crippen LogP contribution in [-0.2, 0) is 5.41 Å². The average Bonchev–Trinajstić information content (AvgIpc) is 2.50. The van der Waals surface area contributed by atoms with Gasteiger partial charge in [0.2, 0.25) is 0 Å². The van der Waals surface area contributed by atoms with E-state index in [1.807, 2.05) is 0 Å². The number of fused-ring (bicyclic) bond motifs is 1. The summed E-state index contributed by atoms with van der Waals surface area (Å²) in [6.45, 7) is 6.64. The number of nitriles is 1. The molecule has 0 amide bonds. The third kappa shape index (κ3) is 1.07. The summed E-state index contributed by atoms with van der Waals surface area (Å²) < 4.78 is 0. The topological polar surface area (TPSA) is 49.8 Å². The Labute approximate surface area is 88.4 Å².